The van der Waals surface area contributed by atoms with Crippen molar-refractivity contribution in [3.05, 3.63) is 0 Å². The third kappa shape index (κ3) is 24.6. The summed E-state index contributed by atoms with van der Waals surface area (Å²) in [6, 6.07) is 0. The van der Waals surface area contributed by atoms with Crippen molar-refractivity contribution in [3.63, 3.8) is 0 Å². The maximum atomic E-state index is 12.2. The van der Waals surface area contributed by atoms with Crippen molar-refractivity contribution >= 4 is 47.8 Å². The first-order chi connectivity index (χ1) is 33.8. The van der Waals surface area contributed by atoms with Crippen LogP contribution in [0.3, 0.4) is 0 Å². The van der Waals surface area contributed by atoms with Gasteiger partial charge in [-0.3, -0.25) is 19.2 Å². The van der Waals surface area contributed by atoms with Crippen LogP contribution in [0, 0.1) is 63.6 Å². The number of hydrogen-bond donors (Lipinski definition) is 0. The van der Waals surface area contributed by atoms with Crippen LogP contribution >= 0.6 is 0 Å². The van der Waals surface area contributed by atoms with Gasteiger partial charge in [0.15, 0.2) is 33.2 Å². The summed E-state index contributed by atoms with van der Waals surface area (Å²) in [5.74, 6) is 2.10. The van der Waals surface area contributed by atoms with Crippen molar-refractivity contribution in [2.45, 2.75) is 235 Å². The summed E-state index contributed by atoms with van der Waals surface area (Å²) >= 11 is 0. The minimum atomic E-state index is -0.782. The molecule has 7 fully saturated rings. The molecule has 0 aromatic rings. The summed E-state index contributed by atoms with van der Waals surface area (Å²) in [5, 5.41) is 0. The Bertz CT molecular complexity index is 1790. The number of ether oxygens (including phenoxy) is 9. The van der Waals surface area contributed by atoms with Gasteiger partial charge in [-0.1, -0.05) is 78.7 Å². The summed E-state index contributed by atoms with van der Waals surface area (Å²) < 4.78 is 44.1. The minimum Gasteiger partial charge on any atom is -0.466 e. The largest absolute Gasteiger partial charge is 0.466 e. The Kier molecular flexibility index (Phi) is 37.9. The molecule has 0 amide bonds. The Morgan fingerprint density at radius 1 is 0.487 bits per heavy atom. The van der Waals surface area contributed by atoms with Crippen molar-refractivity contribution in [1.82, 2.24) is 0 Å². The van der Waals surface area contributed by atoms with E-state index in [1.165, 1.54) is 20.6 Å². The maximum Gasteiger partial charge on any atom is 0.344 e. The lowest BCUT2D eigenvalue weighted by Crippen LogP contribution is -2.44. The lowest BCUT2D eigenvalue weighted by atomic mass is 9.51. The van der Waals surface area contributed by atoms with Gasteiger partial charge in [0.05, 0.1) is 29.3 Å². The van der Waals surface area contributed by atoms with E-state index in [2.05, 4.69) is 16.4 Å². The highest BCUT2D eigenvalue weighted by atomic mass is 16.7. The quantitative estimate of drug-likeness (QED) is 0.0628. The molecule has 78 heavy (non-hydrogen) atoms. The molecule has 0 aromatic heterocycles. The number of hydrogen-bond acceptors (Lipinski definition) is 17. The van der Waals surface area contributed by atoms with Crippen LogP contribution in [0.4, 0.5) is 0 Å². The molecule has 4 unspecified atom stereocenters. The Hall–Kier alpha value is -4.28. The molecule has 0 spiro atoms. The zero-order valence-electron chi connectivity index (χ0n) is 46.0. The van der Waals surface area contributed by atoms with Crippen LogP contribution in [-0.4, -0.2) is 107 Å². The van der Waals surface area contributed by atoms with Crippen molar-refractivity contribution in [1.29, 1.82) is 0 Å². The van der Waals surface area contributed by atoms with Gasteiger partial charge in [-0.15, -0.1) is 0 Å². The van der Waals surface area contributed by atoms with Gasteiger partial charge in [-0.2, -0.15) is 0 Å². The molecule has 6 bridgehead atoms. The molecule has 0 aliphatic heterocycles. The summed E-state index contributed by atoms with van der Waals surface area (Å²) in [6.07, 6.45) is 17.7. The molecule has 0 saturated heterocycles. The fraction of sp³-hybridized carbons (Fsp3) is 0.869. The van der Waals surface area contributed by atoms with Crippen LogP contribution < -0.4 is 0 Å². The van der Waals surface area contributed by atoms with Crippen molar-refractivity contribution in [3.8, 4) is 0 Å². The van der Waals surface area contributed by atoms with Crippen molar-refractivity contribution < 1.29 is 81.0 Å². The van der Waals surface area contributed by atoms with Crippen molar-refractivity contribution in [2.24, 2.45) is 63.6 Å². The van der Waals surface area contributed by atoms with Gasteiger partial charge in [0.2, 0.25) is 0 Å². The average molecular weight is 1120 g/mol. The molecule has 17 heteroatoms. The fourth-order valence-electron chi connectivity index (χ4n) is 10.9. The molecule has 460 valence electrons. The molecule has 7 rings (SSSR count). The van der Waals surface area contributed by atoms with Gasteiger partial charge in [0, 0.05) is 13.0 Å². The zero-order chi connectivity index (χ0) is 54.0. The van der Waals surface area contributed by atoms with E-state index in [1.54, 1.807) is 59.8 Å². The molecule has 0 radical (unpaired) electrons. The molecule has 4 atom stereocenters. The summed E-state index contributed by atoms with van der Waals surface area (Å²) in [6.45, 7) is 18.7. The predicted molar refractivity (Wildman–Crippen MR) is 304 cm³/mol. The average Bonchev–Trinajstić information content (AvgIpc) is 4.09. The zero-order valence-corrected chi connectivity index (χ0v) is 46.0. The SMILES string of the molecule is C.C.C.C.C.C.CCC(C)(C)C(=O)OC1CC2CC(C(=O)OCOC)C1C2.CCC(C)(C)C(=O)OCC(=O)OCC(=O)OC.CCC(C)(C)C(=O)OCC(=O)OCC(=O)OC1(C)CCCC1.CCC1C2CC3CC(C2)CC1C3. The second-order valence-electron chi connectivity index (χ2n) is 23.1. The number of carbonyl (C=O) groups excluding carboxylic acids is 8. The lowest BCUT2D eigenvalue weighted by molar-refractivity contribution is -0.173. The van der Waals surface area contributed by atoms with E-state index in [0.29, 0.717) is 18.8 Å². The Balaban J connectivity index is -0.000000464. The third-order valence-electron chi connectivity index (χ3n) is 16.4. The summed E-state index contributed by atoms with van der Waals surface area (Å²) in [5.41, 5.74) is -2.19. The number of fused-ring (bicyclic) bond motifs is 2. The number of esters is 8. The van der Waals surface area contributed by atoms with Gasteiger partial charge in [-0.05, 0) is 180 Å². The van der Waals surface area contributed by atoms with Crippen LogP contribution in [0.5, 0.6) is 0 Å². The molecule has 17 nitrogen and oxygen atoms in total. The third-order valence-corrected chi connectivity index (χ3v) is 16.4. The Labute approximate surface area is 473 Å². The van der Waals surface area contributed by atoms with Gasteiger partial charge in [0.1, 0.15) is 11.7 Å². The minimum absolute atomic E-state index is 0. The smallest absolute Gasteiger partial charge is 0.344 e. The van der Waals surface area contributed by atoms with Crippen molar-refractivity contribution in [2.75, 3.05) is 47.4 Å². The van der Waals surface area contributed by atoms with Crippen LogP contribution in [-0.2, 0) is 81.0 Å². The second-order valence-corrected chi connectivity index (χ2v) is 23.1. The monoisotopic (exact) mass is 1120 g/mol. The van der Waals surface area contributed by atoms with E-state index in [1.807, 2.05) is 41.5 Å². The van der Waals surface area contributed by atoms with Crippen LogP contribution in [0.25, 0.3) is 0 Å². The first kappa shape index (κ1) is 80.2. The summed E-state index contributed by atoms with van der Waals surface area (Å²) in [4.78, 5) is 92.3. The van der Waals surface area contributed by atoms with E-state index >= 15 is 0 Å². The fourth-order valence-corrected chi connectivity index (χ4v) is 10.9. The first-order valence-corrected chi connectivity index (χ1v) is 26.6. The normalized spacial score (nSPS) is 24.1. The molecule has 0 aromatic carbocycles. The lowest BCUT2D eigenvalue weighted by Gasteiger charge is -2.54. The van der Waals surface area contributed by atoms with Gasteiger partial charge in [-0.25, -0.2) is 19.2 Å². The number of carbonyl (C=O) groups is 8. The van der Waals surface area contributed by atoms with E-state index in [-0.39, 0.29) is 81.2 Å². The predicted octanol–water partition coefficient (Wildman–Crippen LogP) is 12.9. The highest BCUT2D eigenvalue weighted by Crippen LogP contribution is 2.57. The topological polar surface area (TPSA) is 220 Å². The van der Waals surface area contributed by atoms with E-state index in [4.69, 9.17) is 33.2 Å². The highest BCUT2D eigenvalue weighted by molar-refractivity contribution is 5.82. The number of methoxy groups -OCH3 is 2. The Morgan fingerprint density at radius 2 is 0.897 bits per heavy atom. The maximum absolute atomic E-state index is 12.2. The molecule has 7 aliphatic rings. The molecule has 0 heterocycles. The first-order valence-electron chi connectivity index (χ1n) is 26.6. The number of rotatable bonds is 20. The Morgan fingerprint density at radius 3 is 1.29 bits per heavy atom. The van der Waals surface area contributed by atoms with Gasteiger partial charge in [0.25, 0.3) is 0 Å². The van der Waals surface area contributed by atoms with E-state index in [9.17, 15) is 38.4 Å². The highest BCUT2D eigenvalue weighted by Gasteiger charge is 2.52. The van der Waals surface area contributed by atoms with Gasteiger partial charge < -0.3 is 42.6 Å². The molecular formula is C61H114O17. The molecule has 0 N–H and O–H groups in total. The van der Waals surface area contributed by atoms with E-state index in [0.717, 1.165) is 81.0 Å². The summed E-state index contributed by atoms with van der Waals surface area (Å²) in [7, 11) is 2.67. The molecular weight excluding hydrogens is 1000 g/mol. The molecule has 7 saturated carbocycles. The second kappa shape index (κ2) is 36.9. The van der Waals surface area contributed by atoms with Crippen LogP contribution in [0.2, 0.25) is 0 Å². The molecule has 7 aliphatic carbocycles. The van der Waals surface area contributed by atoms with Crippen LogP contribution in [0.1, 0.15) is 223 Å². The van der Waals surface area contributed by atoms with E-state index < -0.39 is 84.1 Å². The standard InChI is InChI=1S/C16H26O6.C16H26O5.C12H20.C11H18O6.6CH4/c1-5-15(2,3)14(19)21-10-12(17)20-11-13(18)22-16(4)8-6-7-9-16;1-5-16(2,3)15(18)21-13-8-10-6-11(13)12(7-10)14(17)20-9-19-4;1-2-12-10-4-8-3-9(6-10)7-11(12)5-8;1-5-11(2,3)10(14)17-7-9(13)16-6-8(12)15-4;;;;;;/h5-11H2,1-4H3;10-13H,5-9H2,1-4H3;8-12H,2-7H2,1H3;5-7H2,1-4H3;6*1H4. The van der Waals surface area contributed by atoms with Crippen LogP contribution in [0.15, 0.2) is 0 Å². The van der Waals surface area contributed by atoms with Gasteiger partial charge >= 0.3 is 47.8 Å².